The first kappa shape index (κ1) is 25.4. The molecule has 184 valence electrons. The van der Waals surface area contributed by atoms with Gasteiger partial charge in [0.05, 0.1) is 10.9 Å². The molecule has 1 saturated heterocycles. The summed E-state index contributed by atoms with van der Waals surface area (Å²) in [4.78, 5) is 30.1. The van der Waals surface area contributed by atoms with Crippen molar-refractivity contribution in [2.24, 2.45) is 5.90 Å². The van der Waals surface area contributed by atoms with Crippen molar-refractivity contribution in [1.29, 1.82) is 0 Å². The van der Waals surface area contributed by atoms with Gasteiger partial charge in [-0.05, 0) is 61.4 Å². The first-order chi connectivity index (χ1) is 16.1. The van der Waals surface area contributed by atoms with E-state index in [0.29, 0.717) is 11.3 Å². The molecule has 0 bridgehead atoms. The normalized spacial score (nSPS) is 18.9. The second-order valence-electron chi connectivity index (χ2n) is 7.82. The van der Waals surface area contributed by atoms with E-state index >= 15 is 0 Å². The summed E-state index contributed by atoms with van der Waals surface area (Å²) < 4.78 is 46.8. The number of hydrogen-bond acceptors (Lipinski definition) is 7. The van der Waals surface area contributed by atoms with E-state index in [-0.39, 0.29) is 30.4 Å². The Kier molecular flexibility index (Phi) is 7.75. The number of urea groups is 1. The molecule has 12 heteroatoms. The van der Waals surface area contributed by atoms with Gasteiger partial charge in [-0.25, -0.2) is 22.4 Å². The molecule has 10 nitrogen and oxygen atoms in total. The maximum atomic E-state index is 13.5. The molecule has 0 aliphatic carbocycles. The highest BCUT2D eigenvalue weighted by Crippen LogP contribution is 2.27. The largest absolute Gasteiger partial charge is 0.489 e. The Hall–Kier alpha value is -3.22. The second-order valence-corrected chi connectivity index (χ2v) is 9.71. The van der Waals surface area contributed by atoms with E-state index < -0.39 is 34.1 Å². The molecule has 0 spiro atoms. The quantitative estimate of drug-likeness (QED) is 0.582. The Bertz CT molecular complexity index is 1160. The van der Waals surface area contributed by atoms with E-state index in [0.717, 1.165) is 9.87 Å². The van der Waals surface area contributed by atoms with Crippen molar-refractivity contribution in [3.05, 3.63) is 59.4 Å². The Labute approximate surface area is 197 Å². The highest BCUT2D eigenvalue weighted by atomic mass is 32.2. The Morgan fingerprint density at radius 1 is 1.18 bits per heavy atom. The lowest BCUT2D eigenvalue weighted by atomic mass is 10.1. The summed E-state index contributed by atoms with van der Waals surface area (Å²) in [6, 6.07) is 7.44. The lowest BCUT2D eigenvalue weighted by molar-refractivity contribution is -0.152. The fraction of sp³-hybridized carbons (Fsp3) is 0.364. The smallest absolute Gasteiger partial charge is 0.345 e. The van der Waals surface area contributed by atoms with Crippen LogP contribution in [-0.4, -0.2) is 61.8 Å². The minimum atomic E-state index is -4.14. The van der Waals surface area contributed by atoms with Crippen molar-refractivity contribution < 1.29 is 32.0 Å². The minimum Gasteiger partial charge on any atom is -0.489 e. The molecule has 3 rings (SSSR count). The topological polar surface area (TPSA) is 131 Å². The molecule has 2 atom stereocenters. The molecule has 0 aromatic heterocycles. The standard InChI is InChI=1S/C22H27FN4O6S/c1-14-4-5-17(23)12-16(14)13-32-18-6-8-19(9-7-18)34(30,31)27-11-10-26(22(29)25-3)15(2)20(27)21(28)33-24/h4-9,12,15,20H,10-11,13,24H2,1-3H3,(H,25,29)/t15-,20+/m0/s1. The van der Waals surface area contributed by atoms with Crippen LogP contribution in [-0.2, 0) is 26.3 Å². The zero-order valence-electron chi connectivity index (χ0n) is 19.0. The average Bonchev–Trinajstić information content (AvgIpc) is 2.83. The van der Waals surface area contributed by atoms with Crippen LogP contribution in [0.3, 0.4) is 0 Å². The SMILES string of the molecule is CNC(=O)N1CCN(S(=O)(=O)c2ccc(OCc3cc(F)ccc3C)cc2)[C@@H](C(=O)ON)[C@@H]1C. The van der Waals surface area contributed by atoms with Crippen LogP contribution in [0.25, 0.3) is 0 Å². The number of nitrogens with one attached hydrogen (secondary N) is 1. The van der Waals surface area contributed by atoms with Gasteiger partial charge in [0.1, 0.15) is 24.2 Å². The molecule has 0 radical (unpaired) electrons. The summed E-state index contributed by atoms with van der Waals surface area (Å²) in [5, 5.41) is 2.47. The van der Waals surface area contributed by atoms with Crippen LogP contribution in [0.1, 0.15) is 18.1 Å². The monoisotopic (exact) mass is 494 g/mol. The van der Waals surface area contributed by atoms with Gasteiger partial charge in [0.2, 0.25) is 10.0 Å². The molecule has 1 fully saturated rings. The summed E-state index contributed by atoms with van der Waals surface area (Å²) in [6.07, 6.45) is 0. The van der Waals surface area contributed by atoms with Crippen LogP contribution in [0.15, 0.2) is 47.4 Å². The van der Waals surface area contributed by atoms with Crippen LogP contribution in [0.5, 0.6) is 5.75 Å². The molecular weight excluding hydrogens is 467 g/mol. The molecule has 1 aliphatic heterocycles. The van der Waals surface area contributed by atoms with Crippen molar-refractivity contribution in [2.45, 2.75) is 37.4 Å². The summed E-state index contributed by atoms with van der Waals surface area (Å²) in [6.45, 7) is 3.43. The van der Waals surface area contributed by atoms with E-state index in [1.165, 1.54) is 48.3 Å². The zero-order chi connectivity index (χ0) is 25.0. The minimum absolute atomic E-state index is 0.0720. The van der Waals surface area contributed by atoms with Crippen LogP contribution in [0.2, 0.25) is 0 Å². The molecule has 2 amide bonds. The lowest BCUT2D eigenvalue weighted by Crippen LogP contribution is -2.65. The van der Waals surface area contributed by atoms with Crippen molar-refractivity contribution in [1.82, 2.24) is 14.5 Å². The summed E-state index contributed by atoms with van der Waals surface area (Å²) in [5.41, 5.74) is 1.53. The Morgan fingerprint density at radius 3 is 2.47 bits per heavy atom. The molecule has 1 heterocycles. The van der Waals surface area contributed by atoms with E-state index in [2.05, 4.69) is 10.2 Å². The number of halogens is 1. The van der Waals surface area contributed by atoms with Gasteiger partial charge in [-0.2, -0.15) is 10.2 Å². The van der Waals surface area contributed by atoms with Crippen molar-refractivity contribution in [3.63, 3.8) is 0 Å². The fourth-order valence-corrected chi connectivity index (χ4v) is 5.48. The summed E-state index contributed by atoms with van der Waals surface area (Å²) in [7, 11) is -2.70. The number of piperazine rings is 1. The molecule has 2 aromatic rings. The van der Waals surface area contributed by atoms with Crippen LogP contribution in [0.4, 0.5) is 9.18 Å². The summed E-state index contributed by atoms with van der Waals surface area (Å²) >= 11 is 0. The van der Waals surface area contributed by atoms with Crippen molar-refractivity contribution in [3.8, 4) is 5.75 Å². The van der Waals surface area contributed by atoms with E-state index in [1.54, 1.807) is 13.0 Å². The molecule has 3 N–H and O–H groups in total. The third-order valence-corrected chi connectivity index (χ3v) is 7.68. The highest BCUT2D eigenvalue weighted by Gasteiger charge is 2.46. The van der Waals surface area contributed by atoms with E-state index in [1.807, 2.05) is 6.92 Å². The maximum absolute atomic E-state index is 13.5. The predicted molar refractivity (Wildman–Crippen MR) is 120 cm³/mol. The number of ether oxygens (including phenoxy) is 1. The number of carbonyl (C=O) groups is 2. The third kappa shape index (κ3) is 5.13. The van der Waals surface area contributed by atoms with Gasteiger partial charge in [0, 0.05) is 20.1 Å². The van der Waals surface area contributed by atoms with Crippen molar-refractivity contribution in [2.75, 3.05) is 20.1 Å². The third-order valence-electron chi connectivity index (χ3n) is 5.79. The molecular formula is C22H27FN4O6S. The lowest BCUT2D eigenvalue weighted by Gasteiger charge is -2.43. The number of aryl methyl sites for hydroxylation is 1. The van der Waals surface area contributed by atoms with Gasteiger partial charge in [-0.1, -0.05) is 6.07 Å². The number of rotatable bonds is 6. The van der Waals surface area contributed by atoms with Gasteiger partial charge in [-0.3, -0.25) is 0 Å². The molecule has 34 heavy (non-hydrogen) atoms. The highest BCUT2D eigenvalue weighted by molar-refractivity contribution is 7.89. The van der Waals surface area contributed by atoms with Gasteiger partial charge in [0.15, 0.2) is 0 Å². The second kappa shape index (κ2) is 10.4. The first-order valence-corrected chi connectivity index (χ1v) is 11.9. The van der Waals surface area contributed by atoms with E-state index in [4.69, 9.17) is 10.6 Å². The number of hydrogen-bond donors (Lipinski definition) is 2. The molecule has 2 aromatic carbocycles. The zero-order valence-corrected chi connectivity index (χ0v) is 19.8. The molecule has 0 saturated carbocycles. The Balaban J connectivity index is 1.80. The Morgan fingerprint density at radius 2 is 1.85 bits per heavy atom. The number of amides is 2. The number of nitrogens with zero attached hydrogens (tertiary/aromatic N) is 2. The van der Waals surface area contributed by atoms with Crippen LogP contribution in [0, 0.1) is 12.7 Å². The maximum Gasteiger partial charge on any atom is 0.345 e. The number of benzene rings is 2. The molecule has 1 aliphatic rings. The van der Waals surface area contributed by atoms with Gasteiger partial charge < -0.3 is 19.8 Å². The van der Waals surface area contributed by atoms with E-state index in [9.17, 15) is 22.4 Å². The number of carbonyl (C=O) groups excluding carboxylic acids is 2. The average molecular weight is 495 g/mol. The predicted octanol–water partition coefficient (Wildman–Crippen LogP) is 1.53. The fourth-order valence-electron chi connectivity index (χ4n) is 3.84. The van der Waals surface area contributed by atoms with Crippen LogP contribution < -0.4 is 16.0 Å². The molecule has 0 unspecified atom stereocenters. The summed E-state index contributed by atoms with van der Waals surface area (Å²) in [5.74, 6) is 4.09. The first-order valence-electron chi connectivity index (χ1n) is 10.5. The van der Waals surface area contributed by atoms with Gasteiger partial charge >= 0.3 is 12.0 Å². The van der Waals surface area contributed by atoms with Crippen molar-refractivity contribution >= 4 is 22.0 Å². The van der Waals surface area contributed by atoms with Crippen LogP contribution >= 0.6 is 0 Å². The number of sulfonamides is 1. The number of nitrogens with two attached hydrogens (primary N) is 1. The van der Waals surface area contributed by atoms with Gasteiger partial charge in [0.25, 0.3) is 0 Å². The van der Waals surface area contributed by atoms with Gasteiger partial charge in [-0.15, -0.1) is 0 Å².